The molecule has 19 heavy (non-hydrogen) atoms. The van der Waals surface area contributed by atoms with Gasteiger partial charge in [0.25, 0.3) is 0 Å². The molecule has 0 saturated heterocycles. The Hall–Kier alpha value is -1.37. The minimum atomic E-state index is -1.88. The highest BCUT2D eigenvalue weighted by atomic mass is 19.1. The molecule has 1 aromatic rings. The summed E-state index contributed by atoms with van der Waals surface area (Å²) in [7, 11) is 1.18. The highest BCUT2D eigenvalue weighted by molar-refractivity contribution is 6.59. The lowest BCUT2D eigenvalue weighted by Crippen LogP contribution is -2.37. The Kier molecular flexibility index (Phi) is 8.06. The molecule has 1 aromatic carbocycles. The van der Waals surface area contributed by atoms with E-state index in [1.165, 1.54) is 13.2 Å². The Balaban J connectivity index is 0.00000154. The van der Waals surface area contributed by atoms with Gasteiger partial charge in [0.05, 0.1) is 6.61 Å². The molecule has 0 atom stereocenters. The SMILES string of the molecule is C=C(NC)c1ccc(COC)c(B(O)O)c1F.CC. The average molecular weight is 269 g/mol. The number of hydrogen-bond donors (Lipinski definition) is 3. The largest absolute Gasteiger partial charge is 0.491 e. The normalized spacial score (nSPS) is 9.42. The molecular weight excluding hydrogens is 248 g/mol. The topological polar surface area (TPSA) is 61.7 Å². The molecule has 1 rings (SSSR count). The number of nitrogens with one attached hydrogen (secondary N) is 1. The summed E-state index contributed by atoms with van der Waals surface area (Å²) in [5.41, 5.74) is 0.789. The Morgan fingerprint density at radius 1 is 1.42 bits per heavy atom. The molecule has 0 aliphatic heterocycles. The van der Waals surface area contributed by atoms with E-state index in [4.69, 9.17) is 4.74 Å². The fourth-order valence-corrected chi connectivity index (χ4v) is 1.56. The maximum absolute atomic E-state index is 14.1. The smallest absolute Gasteiger partial charge is 0.423 e. The van der Waals surface area contributed by atoms with Gasteiger partial charge in [-0.2, -0.15) is 0 Å². The van der Waals surface area contributed by atoms with E-state index in [0.29, 0.717) is 11.3 Å². The van der Waals surface area contributed by atoms with Gasteiger partial charge in [-0.1, -0.05) is 26.5 Å². The molecule has 0 heterocycles. The molecule has 4 nitrogen and oxygen atoms in total. The summed E-state index contributed by atoms with van der Waals surface area (Å²) < 4.78 is 18.9. The predicted molar refractivity (Wildman–Crippen MR) is 76.4 cm³/mol. The maximum atomic E-state index is 14.1. The van der Waals surface area contributed by atoms with Crippen molar-refractivity contribution in [2.75, 3.05) is 14.2 Å². The van der Waals surface area contributed by atoms with Gasteiger partial charge in [0.1, 0.15) is 5.82 Å². The van der Waals surface area contributed by atoms with E-state index >= 15 is 0 Å². The van der Waals surface area contributed by atoms with E-state index in [-0.39, 0.29) is 17.6 Å². The van der Waals surface area contributed by atoms with Crippen molar-refractivity contribution >= 4 is 18.3 Å². The van der Waals surface area contributed by atoms with E-state index in [1.807, 2.05) is 13.8 Å². The summed E-state index contributed by atoms with van der Waals surface area (Å²) in [6, 6.07) is 3.10. The Morgan fingerprint density at radius 3 is 2.42 bits per heavy atom. The fourth-order valence-electron chi connectivity index (χ4n) is 1.56. The quantitative estimate of drug-likeness (QED) is 0.694. The van der Waals surface area contributed by atoms with Crippen LogP contribution in [0.3, 0.4) is 0 Å². The summed E-state index contributed by atoms with van der Waals surface area (Å²) in [5.74, 6) is -0.700. The number of methoxy groups -OCH3 is 1. The zero-order chi connectivity index (χ0) is 15.0. The highest BCUT2D eigenvalue weighted by Crippen LogP contribution is 2.15. The van der Waals surface area contributed by atoms with E-state index in [9.17, 15) is 14.4 Å². The molecular formula is C13H21BFNO3. The monoisotopic (exact) mass is 269 g/mol. The first-order chi connectivity index (χ1) is 9.02. The van der Waals surface area contributed by atoms with Crippen molar-refractivity contribution in [3.05, 3.63) is 35.7 Å². The lowest BCUT2D eigenvalue weighted by molar-refractivity contribution is 0.185. The second-order valence-corrected chi connectivity index (χ2v) is 3.54. The van der Waals surface area contributed by atoms with Crippen molar-refractivity contribution in [2.24, 2.45) is 0 Å². The van der Waals surface area contributed by atoms with Crippen LogP contribution in [0, 0.1) is 5.82 Å². The van der Waals surface area contributed by atoms with Gasteiger partial charge in [0.2, 0.25) is 0 Å². The Morgan fingerprint density at radius 2 is 2.00 bits per heavy atom. The van der Waals surface area contributed by atoms with Crippen molar-refractivity contribution in [1.29, 1.82) is 0 Å². The molecule has 3 N–H and O–H groups in total. The zero-order valence-corrected chi connectivity index (χ0v) is 11.8. The maximum Gasteiger partial charge on any atom is 0.491 e. The number of rotatable bonds is 5. The van der Waals surface area contributed by atoms with Crippen molar-refractivity contribution in [1.82, 2.24) is 5.32 Å². The molecule has 0 aromatic heterocycles. The molecule has 0 spiro atoms. The van der Waals surface area contributed by atoms with Crippen LogP contribution in [0.1, 0.15) is 25.0 Å². The molecule has 0 aliphatic carbocycles. The van der Waals surface area contributed by atoms with Crippen LogP contribution in [0.15, 0.2) is 18.7 Å². The molecule has 0 radical (unpaired) electrons. The van der Waals surface area contributed by atoms with Crippen LogP contribution >= 0.6 is 0 Å². The van der Waals surface area contributed by atoms with Crippen molar-refractivity contribution in [2.45, 2.75) is 20.5 Å². The van der Waals surface area contributed by atoms with Crippen LogP contribution < -0.4 is 10.8 Å². The minimum Gasteiger partial charge on any atom is -0.423 e. The highest BCUT2D eigenvalue weighted by Gasteiger charge is 2.23. The summed E-state index contributed by atoms with van der Waals surface area (Å²) in [6.07, 6.45) is 0. The second kappa shape index (κ2) is 8.69. The summed E-state index contributed by atoms with van der Waals surface area (Å²) in [4.78, 5) is 0. The fraction of sp³-hybridized carbons (Fsp3) is 0.385. The molecule has 0 amide bonds. The molecule has 0 fully saturated rings. The van der Waals surface area contributed by atoms with Crippen LogP contribution in [0.2, 0.25) is 0 Å². The molecule has 0 aliphatic rings. The molecule has 106 valence electrons. The van der Waals surface area contributed by atoms with Crippen LogP contribution in [0.5, 0.6) is 0 Å². The minimum absolute atomic E-state index is 0.107. The van der Waals surface area contributed by atoms with Gasteiger partial charge in [0.15, 0.2) is 0 Å². The lowest BCUT2D eigenvalue weighted by atomic mass is 9.75. The van der Waals surface area contributed by atoms with Crippen LogP contribution in [-0.4, -0.2) is 31.3 Å². The third-order valence-corrected chi connectivity index (χ3v) is 2.46. The summed E-state index contributed by atoms with van der Waals surface area (Å²) in [6.45, 7) is 7.74. The first kappa shape index (κ1) is 17.6. The zero-order valence-electron chi connectivity index (χ0n) is 11.8. The first-order valence-corrected chi connectivity index (χ1v) is 6.06. The molecule has 0 bridgehead atoms. The molecule has 0 saturated carbocycles. The van der Waals surface area contributed by atoms with Crippen molar-refractivity contribution in [3.8, 4) is 0 Å². The van der Waals surface area contributed by atoms with Crippen LogP contribution in [-0.2, 0) is 11.3 Å². The van der Waals surface area contributed by atoms with Crippen LogP contribution in [0.4, 0.5) is 4.39 Å². The summed E-state index contributed by atoms with van der Waals surface area (Å²) >= 11 is 0. The number of ether oxygens (including phenoxy) is 1. The van der Waals surface area contributed by atoms with Crippen molar-refractivity contribution in [3.63, 3.8) is 0 Å². The van der Waals surface area contributed by atoms with E-state index in [2.05, 4.69) is 11.9 Å². The second-order valence-electron chi connectivity index (χ2n) is 3.54. The Bertz CT molecular complexity index is 425. The number of halogens is 1. The van der Waals surface area contributed by atoms with Gasteiger partial charge in [0, 0.05) is 30.9 Å². The van der Waals surface area contributed by atoms with E-state index in [0.717, 1.165) is 0 Å². The van der Waals surface area contributed by atoms with Gasteiger partial charge in [-0.25, -0.2) is 4.39 Å². The Labute approximate surface area is 114 Å². The van der Waals surface area contributed by atoms with E-state index in [1.54, 1.807) is 13.1 Å². The van der Waals surface area contributed by atoms with Crippen molar-refractivity contribution < 1.29 is 19.2 Å². The van der Waals surface area contributed by atoms with E-state index < -0.39 is 12.9 Å². The number of hydrogen-bond acceptors (Lipinski definition) is 4. The summed E-state index contributed by atoms with van der Waals surface area (Å²) in [5, 5.41) is 21.1. The van der Waals surface area contributed by atoms with Gasteiger partial charge in [-0.3, -0.25) is 0 Å². The third-order valence-electron chi connectivity index (χ3n) is 2.46. The average Bonchev–Trinajstić information content (AvgIpc) is 2.40. The van der Waals surface area contributed by atoms with Gasteiger partial charge >= 0.3 is 7.12 Å². The van der Waals surface area contributed by atoms with Gasteiger partial charge in [-0.05, 0) is 11.6 Å². The molecule has 6 heteroatoms. The lowest BCUT2D eigenvalue weighted by Gasteiger charge is -2.14. The number of benzene rings is 1. The molecule has 0 unspecified atom stereocenters. The van der Waals surface area contributed by atoms with Crippen LogP contribution in [0.25, 0.3) is 5.70 Å². The first-order valence-electron chi connectivity index (χ1n) is 6.06. The third kappa shape index (κ3) is 4.35. The standard InChI is InChI=1S/C11H15BFNO3.C2H6/c1-7(14-2)9-5-4-8(6-17-3)10(11(9)13)12(15)16;1-2/h4-5,14-16H,1,6H2,2-3H3;1-2H3. The predicted octanol–water partition coefficient (Wildman–Crippen LogP) is 0.868. The van der Waals surface area contributed by atoms with Gasteiger partial charge < -0.3 is 20.1 Å². The van der Waals surface area contributed by atoms with Gasteiger partial charge in [-0.15, -0.1) is 0 Å².